The lowest BCUT2D eigenvalue weighted by Crippen LogP contribution is -2.02. The number of nitrogens with zero attached hydrogens (tertiary/aromatic N) is 2. The lowest BCUT2D eigenvalue weighted by Gasteiger charge is -2.16. The van der Waals surface area contributed by atoms with E-state index < -0.39 is 0 Å². The third-order valence-corrected chi connectivity index (χ3v) is 4.79. The summed E-state index contributed by atoms with van der Waals surface area (Å²) in [6, 6.07) is 6.52. The summed E-state index contributed by atoms with van der Waals surface area (Å²) in [5.74, 6) is 0. The molecule has 0 amide bonds. The molecule has 0 saturated heterocycles. The number of carbonyl (C=O) groups is 1. The highest BCUT2D eigenvalue weighted by Gasteiger charge is 2.16. The average Bonchev–Trinajstić information content (AvgIpc) is 3.07. The van der Waals surface area contributed by atoms with Crippen LogP contribution in [0.25, 0.3) is 16.2 Å². The molecule has 20 heavy (non-hydrogen) atoms. The molecule has 2 heterocycles. The maximum atomic E-state index is 11.4. The monoisotopic (exact) mass is 282 g/mol. The van der Waals surface area contributed by atoms with Crippen molar-refractivity contribution in [1.82, 2.24) is 9.38 Å². The number of aryl methyl sites for hydroxylation is 2. The van der Waals surface area contributed by atoms with Crippen molar-refractivity contribution in [2.75, 3.05) is 0 Å². The maximum Gasteiger partial charge on any atom is 0.194 e. The summed E-state index contributed by atoms with van der Waals surface area (Å²) in [6.07, 6.45) is 7.66. The summed E-state index contributed by atoms with van der Waals surface area (Å²) in [7, 11) is 0. The molecule has 1 aromatic carbocycles. The van der Waals surface area contributed by atoms with Crippen LogP contribution in [0.3, 0.4) is 0 Å². The van der Waals surface area contributed by atoms with Crippen molar-refractivity contribution in [1.29, 1.82) is 0 Å². The molecule has 2 aromatic heterocycles. The van der Waals surface area contributed by atoms with Crippen molar-refractivity contribution >= 4 is 22.6 Å². The molecule has 0 unspecified atom stereocenters. The fraction of sp³-hybridized carbons (Fsp3) is 0.250. The molecule has 0 bridgehead atoms. The van der Waals surface area contributed by atoms with Crippen LogP contribution in [0.5, 0.6) is 0 Å². The molecule has 4 rings (SSSR count). The minimum Gasteiger partial charge on any atom is -0.296 e. The summed E-state index contributed by atoms with van der Waals surface area (Å²) in [5, 5.41) is 1.95. The van der Waals surface area contributed by atoms with Crippen LogP contribution in [0.15, 0.2) is 29.8 Å². The zero-order valence-corrected chi connectivity index (χ0v) is 11.8. The average molecular weight is 282 g/mol. The lowest BCUT2D eigenvalue weighted by atomic mass is 9.90. The number of benzene rings is 1. The Kier molecular flexibility index (Phi) is 2.70. The van der Waals surface area contributed by atoms with Crippen LogP contribution in [-0.2, 0) is 12.8 Å². The van der Waals surface area contributed by atoms with Crippen LogP contribution in [-0.4, -0.2) is 15.7 Å². The van der Waals surface area contributed by atoms with Gasteiger partial charge in [0, 0.05) is 17.1 Å². The fourth-order valence-electron chi connectivity index (χ4n) is 3.01. The minimum atomic E-state index is 0.650. The second-order valence-corrected chi connectivity index (χ2v) is 6.08. The first-order valence-electron chi connectivity index (χ1n) is 6.90. The topological polar surface area (TPSA) is 34.4 Å². The van der Waals surface area contributed by atoms with E-state index in [9.17, 15) is 4.79 Å². The predicted molar refractivity (Wildman–Crippen MR) is 80.5 cm³/mol. The largest absolute Gasteiger partial charge is 0.296 e. The van der Waals surface area contributed by atoms with Crippen LogP contribution in [0, 0.1) is 0 Å². The third kappa shape index (κ3) is 1.72. The van der Waals surface area contributed by atoms with E-state index >= 15 is 0 Å². The number of carbonyl (C=O) groups excluding carboxylic acids is 1. The van der Waals surface area contributed by atoms with Gasteiger partial charge in [-0.2, -0.15) is 0 Å². The third-order valence-electron chi connectivity index (χ3n) is 4.03. The molecule has 0 atom stereocenters. The van der Waals surface area contributed by atoms with E-state index in [4.69, 9.17) is 0 Å². The molecular weight excluding hydrogens is 268 g/mol. The van der Waals surface area contributed by atoms with Gasteiger partial charge in [-0.05, 0) is 42.9 Å². The first kappa shape index (κ1) is 11.9. The molecule has 3 nitrogen and oxygen atoms in total. The normalized spacial score (nSPS) is 14.4. The molecule has 3 aromatic rings. The highest BCUT2D eigenvalue weighted by molar-refractivity contribution is 7.15. The van der Waals surface area contributed by atoms with E-state index in [2.05, 4.69) is 23.2 Å². The van der Waals surface area contributed by atoms with Gasteiger partial charge < -0.3 is 0 Å². The Morgan fingerprint density at radius 2 is 2.05 bits per heavy atom. The zero-order valence-electron chi connectivity index (χ0n) is 11.0. The van der Waals surface area contributed by atoms with Crippen molar-refractivity contribution in [3.05, 3.63) is 46.6 Å². The van der Waals surface area contributed by atoms with Crippen molar-refractivity contribution in [3.63, 3.8) is 0 Å². The van der Waals surface area contributed by atoms with E-state index in [0.717, 1.165) is 28.9 Å². The molecule has 0 saturated carbocycles. The van der Waals surface area contributed by atoms with E-state index in [1.807, 2.05) is 16.0 Å². The first-order valence-corrected chi connectivity index (χ1v) is 7.77. The second-order valence-electron chi connectivity index (χ2n) is 5.21. The van der Waals surface area contributed by atoms with Crippen LogP contribution in [0.4, 0.5) is 0 Å². The molecule has 0 aliphatic heterocycles. The number of hydrogen-bond acceptors (Lipinski definition) is 3. The summed E-state index contributed by atoms with van der Waals surface area (Å²) in [5.41, 5.74) is 5.39. The van der Waals surface area contributed by atoms with Gasteiger partial charge in [0.2, 0.25) is 0 Å². The molecule has 0 spiro atoms. The molecule has 0 radical (unpaired) electrons. The van der Waals surface area contributed by atoms with Gasteiger partial charge in [0.25, 0.3) is 0 Å². The highest BCUT2D eigenvalue weighted by Crippen LogP contribution is 2.30. The summed E-state index contributed by atoms with van der Waals surface area (Å²) in [4.78, 5) is 16.9. The quantitative estimate of drug-likeness (QED) is 0.671. The van der Waals surface area contributed by atoms with Gasteiger partial charge in [-0.15, -0.1) is 11.3 Å². The standard InChI is InChI=1S/C16H14N2OS/c19-10-14-15(17-16-18(14)7-8-20-16)13-6-5-11-3-1-2-4-12(11)9-13/h5-10H,1-4H2. The maximum absolute atomic E-state index is 11.4. The van der Waals surface area contributed by atoms with Crippen molar-refractivity contribution in [3.8, 4) is 11.3 Å². The van der Waals surface area contributed by atoms with Crippen molar-refractivity contribution in [2.24, 2.45) is 0 Å². The molecule has 4 heteroatoms. The minimum absolute atomic E-state index is 0.650. The number of rotatable bonds is 2. The van der Waals surface area contributed by atoms with E-state index in [0.29, 0.717) is 5.69 Å². The van der Waals surface area contributed by atoms with E-state index in [1.54, 1.807) is 11.3 Å². The van der Waals surface area contributed by atoms with Gasteiger partial charge in [-0.3, -0.25) is 9.20 Å². The smallest absolute Gasteiger partial charge is 0.194 e. The summed E-state index contributed by atoms with van der Waals surface area (Å²) < 4.78 is 1.87. The number of fused-ring (bicyclic) bond motifs is 2. The van der Waals surface area contributed by atoms with Crippen molar-refractivity contribution < 1.29 is 4.79 Å². The first-order chi connectivity index (χ1) is 9.86. The Morgan fingerprint density at radius 3 is 2.90 bits per heavy atom. The molecule has 100 valence electrons. The Bertz CT molecular complexity index is 800. The van der Waals surface area contributed by atoms with Gasteiger partial charge in [0.15, 0.2) is 11.2 Å². The molecule has 0 fully saturated rings. The Hall–Kier alpha value is -1.94. The van der Waals surface area contributed by atoms with Gasteiger partial charge in [-0.1, -0.05) is 12.1 Å². The van der Waals surface area contributed by atoms with Crippen LogP contribution in [0.2, 0.25) is 0 Å². The van der Waals surface area contributed by atoms with E-state index in [-0.39, 0.29) is 0 Å². The molecule has 1 aliphatic carbocycles. The fourth-order valence-corrected chi connectivity index (χ4v) is 3.73. The molecule has 1 aliphatic rings. The van der Waals surface area contributed by atoms with Gasteiger partial charge in [-0.25, -0.2) is 4.98 Å². The van der Waals surface area contributed by atoms with Crippen LogP contribution < -0.4 is 0 Å². The number of aldehydes is 1. The Morgan fingerprint density at radius 1 is 1.20 bits per heavy atom. The number of aromatic nitrogens is 2. The highest BCUT2D eigenvalue weighted by atomic mass is 32.1. The zero-order chi connectivity index (χ0) is 13.5. The van der Waals surface area contributed by atoms with Crippen molar-refractivity contribution in [2.45, 2.75) is 25.7 Å². The SMILES string of the molecule is O=Cc1c(-c2ccc3c(c2)CCCC3)nc2sccn12. The number of hydrogen-bond donors (Lipinski definition) is 0. The summed E-state index contributed by atoms with van der Waals surface area (Å²) >= 11 is 1.55. The van der Waals surface area contributed by atoms with Crippen LogP contribution in [0.1, 0.15) is 34.5 Å². The van der Waals surface area contributed by atoms with Gasteiger partial charge in [0.05, 0.1) is 0 Å². The number of imidazole rings is 1. The van der Waals surface area contributed by atoms with Gasteiger partial charge in [0.1, 0.15) is 11.4 Å². The van der Waals surface area contributed by atoms with Gasteiger partial charge >= 0.3 is 0 Å². The molecule has 0 N–H and O–H groups in total. The van der Waals surface area contributed by atoms with Crippen LogP contribution >= 0.6 is 11.3 Å². The number of thiazole rings is 1. The van der Waals surface area contributed by atoms with E-state index in [1.165, 1.54) is 30.4 Å². The lowest BCUT2D eigenvalue weighted by molar-refractivity contribution is 0.111. The Balaban J connectivity index is 1.90. The Labute approximate surface area is 120 Å². The second kappa shape index (κ2) is 4.56. The summed E-state index contributed by atoms with van der Waals surface area (Å²) in [6.45, 7) is 0. The molecular formula is C16H14N2OS. The predicted octanol–water partition coefficient (Wildman–Crippen LogP) is 3.75.